The highest BCUT2D eigenvalue weighted by molar-refractivity contribution is 6.74. The van der Waals surface area contributed by atoms with Gasteiger partial charge in [0.05, 0.1) is 12.9 Å². The molecule has 2 aromatic rings. The van der Waals surface area contributed by atoms with Gasteiger partial charge in [0.1, 0.15) is 12.4 Å². The van der Waals surface area contributed by atoms with Crippen LogP contribution in [0.5, 0.6) is 11.5 Å². The van der Waals surface area contributed by atoms with Crippen LogP contribution in [0.3, 0.4) is 0 Å². The number of aromatic nitrogens is 1. The van der Waals surface area contributed by atoms with Crippen molar-refractivity contribution < 1.29 is 22.4 Å². The minimum absolute atomic E-state index is 0.0271. The molecule has 0 bridgehead atoms. The predicted molar refractivity (Wildman–Crippen MR) is 70.3 cm³/mol. The van der Waals surface area contributed by atoms with E-state index in [4.69, 9.17) is 9.47 Å². The zero-order valence-corrected chi connectivity index (χ0v) is 10.7. The molecule has 0 atom stereocenters. The summed E-state index contributed by atoms with van der Waals surface area (Å²) in [5.74, 6) is -0.0601. The zero-order valence-electron chi connectivity index (χ0n) is 10.7. The molecule has 0 aliphatic carbocycles. The molecule has 7 heteroatoms. The number of hydrogen-bond donors (Lipinski definition) is 0. The summed E-state index contributed by atoms with van der Waals surface area (Å²) in [6, 6.07) is 7.07. The number of methoxy groups -OCH3 is 1. The summed E-state index contributed by atoms with van der Waals surface area (Å²) < 4.78 is 49.1. The number of nitrogens with zero attached hydrogens (tertiary/aromatic N) is 1. The van der Waals surface area contributed by atoms with Crippen LogP contribution in [0.15, 0.2) is 42.7 Å². The van der Waals surface area contributed by atoms with Crippen molar-refractivity contribution in [1.29, 1.82) is 0 Å². The van der Waals surface area contributed by atoms with E-state index in [0.717, 1.165) is 6.07 Å². The maximum Gasteiger partial charge on any atom is 0.513 e. The van der Waals surface area contributed by atoms with Crippen LogP contribution >= 0.6 is 0 Å². The van der Waals surface area contributed by atoms with E-state index in [9.17, 15) is 12.9 Å². The van der Waals surface area contributed by atoms with Crippen molar-refractivity contribution in [2.45, 2.75) is 6.61 Å². The molecule has 1 aromatic heterocycles. The molecule has 1 heterocycles. The summed E-state index contributed by atoms with van der Waals surface area (Å²) >= 11 is 0. The van der Waals surface area contributed by atoms with Gasteiger partial charge in [-0.3, -0.25) is 4.98 Å². The van der Waals surface area contributed by atoms with Gasteiger partial charge in [-0.15, -0.1) is 0 Å². The summed E-state index contributed by atoms with van der Waals surface area (Å²) in [4.78, 5) is 3.88. The van der Waals surface area contributed by atoms with Crippen molar-refractivity contribution in [2.75, 3.05) is 7.11 Å². The van der Waals surface area contributed by atoms with Gasteiger partial charge in [-0.2, -0.15) is 0 Å². The number of rotatable bonds is 5. The Kier molecular flexibility index (Phi) is 4.17. The predicted octanol–water partition coefficient (Wildman–Crippen LogP) is 2.72. The Hall–Kier alpha value is -2.18. The van der Waals surface area contributed by atoms with Gasteiger partial charge in [-0.25, -0.2) is 0 Å². The number of pyridine rings is 1. The Balaban J connectivity index is 2.23. The fourth-order valence-corrected chi connectivity index (χ4v) is 1.69. The molecule has 0 fully saturated rings. The van der Waals surface area contributed by atoms with Gasteiger partial charge in [0, 0.05) is 18.0 Å². The van der Waals surface area contributed by atoms with Gasteiger partial charge < -0.3 is 22.4 Å². The van der Waals surface area contributed by atoms with Gasteiger partial charge in [0.15, 0.2) is 0 Å². The van der Waals surface area contributed by atoms with E-state index in [1.807, 2.05) is 0 Å². The van der Waals surface area contributed by atoms with Crippen molar-refractivity contribution in [3.63, 3.8) is 0 Å². The first-order chi connectivity index (χ1) is 9.50. The minimum Gasteiger partial charge on any atom is -0.497 e. The smallest absolute Gasteiger partial charge is 0.497 e. The molecular weight excluding hydrogens is 270 g/mol. The first kappa shape index (κ1) is 14.2. The summed E-state index contributed by atoms with van der Waals surface area (Å²) in [7, 11) is 1.32. The molecule has 1 aromatic carbocycles. The van der Waals surface area contributed by atoms with Gasteiger partial charge in [-0.05, 0) is 24.3 Å². The lowest BCUT2D eigenvalue weighted by Gasteiger charge is -2.20. The second-order valence-corrected chi connectivity index (χ2v) is 4.13. The lowest BCUT2D eigenvalue weighted by molar-refractivity contribution is 0.305. The van der Waals surface area contributed by atoms with Crippen molar-refractivity contribution in [2.24, 2.45) is 0 Å². The zero-order chi connectivity index (χ0) is 14.6. The van der Waals surface area contributed by atoms with Gasteiger partial charge in [0.2, 0.25) is 0 Å². The first-order valence-corrected chi connectivity index (χ1v) is 5.90. The average molecular weight is 282 g/mol. The van der Waals surface area contributed by atoms with E-state index >= 15 is 0 Å². The Bertz CT molecular complexity index is 576. The van der Waals surface area contributed by atoms with Gasteiger partial charge >= 0.3 is 6.98 Å². The van der Waals surface area contributed by atoms with E-state index in [2.05, 4.69) is 4.98 Å². The Labute approximate surface area is 114 Å². The Morgan fingerprint density at radius 1 is 1.20 bits per heavy atom. The number of benzene rings is 1. The fraction of sp³-hybridized carbons (Fsp3) is 0.154. The lowest BCUT2D eigenvalue weighted by Crippen LogP contribution is -2.35. The molecule has 106 valence electrons. The van der Waals surface area contributed by atoms with Crippen LogP contribution in [0, 0.1) is 0 Å². The van der Waals surface area contributed by atoms with Crippen molar-refractivity contribution >= 4 is 12.4 Å². The molecular formula is C13H12BF3NO2-. The number of halogens is 3. The molecule has 0 amide bonds. The van der Waals surface area contributed by atoms with Crippen LogP contribution in [0.2, 0.25) is 0 Å². The highest BCUT2D eigenvalue weighted by atomic mass is 19.4. The molecule has 0 saturated carbocycles. The maximum absolute atomic E-state index is 13.0. The maximum atomic E-state index is 13.0. The molecule has 0 radical (unpaired) electrons. The lowest BCUT2D eigenvalue weighted by atomic mass is 9.79. The van der Waals surface area contributed by atoms with E-state index in [0.29, 0.717) is 5.56 Å². The fourth-order valence-electron chi connectivity index (χ4n) is 1.69. The second kappa shape index (κ2) is 5.86. The van der Waals surface area contributed by atoms with Crippen molar-refractivity contribution in [3.05, 3.63) is 48.3 Å². The van der Waals surface area contributed by atoms with Crippen LogP contribution in [0.25, 0.3) is 0 Å². The third-order valence-electron chi connectivity index (χ3n) is 2.69. The molecule has 0 saturated heterocycles. The highest BCUT2D eigenvalue weighted by Crippen LogP contribution is 2.23. The van der Waals surface area contributed by atoms with Crippen LogP contribution in [0.1, 0.15) is 5.56 Å². The normalized spacial score (nSPS) is 11.2. The topological polar surface area (TPSA) is 31.4 Å². The number of hydrogen-bond acceptors (Lipinski definition) is 3. The van der Waals surface area contributed by atoms with E-state index in [-0.39, 0.29) is 18.1 Å². The highest BCUT2D eigenvalue weighted by Gasteiger charge is 2.29. The molecule has 2 rings (SSSR count). The average Bonchev–Trinajstić information content (AvgIpc) is 2.45. The second-order valence-electron chi connectivity index (χ2n) is 4.13. The largest absolute Gasteiger partial charge is 0.513 e. The van der Waals surface area contributed by atoms with Crippen LogP contribution in [0.4, 0.5) is 12.9 Å². The van der Waals surface area contributed by atoms with Crippen LogP contribution in [-0.2, 0) is 6.61 Å². The van der Waals surface area contributed by atoms with E-state index < -0.39 is 12.4 Å². The summed E-state index contributed by atoms with van der Waals surface area (Å²) in [5.41, 5.74) is -0.0998. The first-order valence-electron chi connectivity index (χ1n) is 5.90. The van der Waals surface area contributed by atoms with Gasteiger partial charge in [0.25, 0.3) is 0 Å². The number of ether oxygens (including phenoxy) is 2. The van der Waals surface area contributed by atoms with Crippen LogP contribution < -0.4 is 14.9 Å². The Morgan fingerprint density at radius 3 is 2.60 bits per heavy atom. The molecule has 3 nitrogen and oxygen atoms in total. The molecule has 0 aliphatic rings. The molecule has 20 heavy (non-hydrogen) atoms. The summed E-state index contributed by atoms with van der Waals surface area (Å²) in [6.45, 7) is -5.14. The van der Waals surface area contributed by atoms with Crippen LogP contribution in [-0.4, -0.2) is 19.1 Å². The Morgan fingerprint density at radius 2 is 2.00 bits per heavy atom. The summed E-state index contributed by atoms with van der Waals surface area (Å²) in [6.07, 6.45) is 3.13. The standard InChI is InChI=1S/C13H12BF3NO2/c1-19-11-4-5-13(12(7-11)14(15,16)17)20-9-10-3-2-6-18-8-10/h2-8H,9H2,1H3/q-1. The minimum atomic E-state index is -5.17. The molecule has 0 spiro atoms. The quantitative estimate of drug-likeness (QED) is 0.790. The molecule has 0 unspecified atom stereocenters. The van der Waals surface area contributed by atoms with Crippen molar-refractivity contribution in [1.82, 2.24) is 4.98 Å². The SMILES string of the molecule is COc1ccc(OCc2cccnc2)c([B-](F)(F)F)c1. The van der Waals surface area contributed by atoms with Gasteiger partial charge in [-0.1, -0.05) is 11.5 Å². The van der Waals surface area contributed by atoms with Crippen molar-refractivity contribution in [3.8, 4) is 11.5 Å². The third kappa shape index (κ3) is 3.43. The summed E-state index contributed by atoms with van der Waals surface area (Å²) in [5, 5.41) is 0. The van der Waals surface area contributed by atoms with E-state index in [1.165, 1.54) is 19.2 Å². The molecule has 0 N–H and O–H groups in total. The molecule has 0 aliphatic heterocycles. The third-order valence-corrected chi connectivity index (χ3v) is 2.69. The monoisotopic (exact) mass is 282 g/mol. The van der Waals surface area contributed by atoms with E-state index in [1.54, 1.807) is 24.5 Å².